The van der Waals surface area contributed by atoms with Gasteiger partial charge in [0.05, 0.1) is 6.04 Å². The summed E-state index contributed by atoms with van der Waals surface area (Å²) in [5.41, 5.74) is 0.412. The summed E-state index contributed by atoms with van der Waals surface area (Å²) in [7, 11) is 0. The van der Waals surface area contributed by atoms with E-state index in [-0.39, 0.29) is 29.6 Å². The zero-order valence-corrected chi connectivity index (χ0v) is 19.4. The van der Waals surface area contributed by atoms with Crippen LogP contribution in [-0.4, -0.2) is 65.7 Å². The van der Waals surface area contributed by atoms with Crippen LogP contribution in [0.5, 0.6) is 0 Å². The highest BCUT2D eigenvalue weighted by atomic mass is 16.2. The standard InChI is InChI=1S/C24H41N3O3/c1-17(2)15-19-22(29)27(14-11-25-19)20(16-18(3)4)21(28)23(30)26-12-9-24(10-13-26)7-5-6-8-24/h17-20,25H,5-16H2,1-4H3/t19-,20?/m0/s1. The SMILES string of the molecule is CC(C)CC(C(=O)C(=O)N1CCC2(CCCC2)CC1)N1CCN[C@@H](CC(C)C)C1=O. The number of carbonyl (C=O) groups excluding carboxylic acids is 3. The van der Waals surface area contributed by atoms with E-state index >= 15 is 0 Å². The average molecular weight is 420 g/mol. The van der Waals surface area contributed by atoms with Gasteiger partial charge in [0.25, 0.3) is 5.91 Å². The number of hydrogen-bond acceptors (Lipinski definition) is 4. The van der Waals surface area contributed by atoms with Crippen LogP contribution in [0.25, 0.3) is 0 Å². The van der Waals surface area contributed by atoms with Crippen molar-refractivity contribution in [3.63, 3.8) is 0 Å². The Hall–Kier alpha value is -1.43. The van der Waals surface area contributed by atoms with E-state index in [0.717, 1.165) is 19.3 Å². The van der Waals surface area contributed by atoms with Gasteiger partial charge >= 0.3 is 0 Å². The summed E-state index contributed by atoms with van der Waals surface area (Å²) in [6, 6.07) is -0.891. The Bertz CT molecular complexity index is 630. The minimum absolute atomic E-state index is 0.0229. The second-order valence-electron chi connectivity index (χ2n) is 10.7. The summed E-state index contributed by atoms with van der Waals surface area (Å²) in [5.74, 6) is -0.153. The molecular formula is C24H41N3O3. The molecule has 1 saturated carbocycles. The molecule has 0 aromatic heterocycles. The average Bonchev–Trinajstić information content (AvgIpc) is 3.15. The second-order valence-corrected chi connectivity index (χ2v) is 10.7. The largest absolute Gasteiger partial charge is 0.336 e. The Morgan fingerprint density at radius 2 is 1.63 bits per heavy atom. The van der Waals surface area contributed by atoms with Crippen LogP contribution < -0.4 is 5.32 Å². The molecule has 2 heterocycles. The quantitative estimate of drug-likeness (QED) is 0.644. The molecule has 0 aromatic carbocycles. The van der Waals surface area contributed by atoms with Gasteiger partial charge < -0.3 is 15.1 Å². The van der Waals surface area contributed by atoms with E-state index in [1.165, 1.54) is 25.7 Å². The minimum atomic E-state index is -0.635. The van der Waals surface area contributed by atoms with Gasteiger partial charge in [-0.2, -0.15) is 0 Å². The van der Waals surface area contributed by atoms with Crippen molar-refractivity contribution < 1.29 is 14.4 Å². The van der Waals surface area contributed by atoms with Crippen molar-refractivity contribution >= 4 is 17.6 Å². The number of piperazine rings is 1. The molecule has 170 valence electrons. The van der Waals surface area contributed by atoms with Crippen molar-refractivity contribution in [2.45, 2.75) is 91.1 Å². The number of piperidine rings is 1. The van der Waals surface area contributed by atoms with Gasteiger partial charge in [0.1, 0.15) is 6.04 Å². The van der Waals surface area contributed by atoms with E-state index in [4.69, 9.17) is 0 Å². The first-order chi connectivity index (χ1) is 14.2. The van der Waals surface area contributed by atoms with Gasteiger partial charge in [-0.3, -0.25) is 14.4 Å². The van der Waals surface area contributed by atoms with Gasteiger partial charge in [-0.15, -0.1) is 0 Å². The fourth-order valence-electron chi connectivity index (χ4n) is 5.65. The van der Waals surface area contributed by atoms with Crippen molar-refractivity contribution in [2.75, 3.05) is 26.2 Å². The van der Waals surface area contributed by atoms with Crippen molar-refractivity contribution in [3.05, 3.63) is 0 Å². The number of amides is 2. The Kier molecular flexibility index (Phi) is 7.59. The molecule has 6 nitrogen and oxygen atoms in total. The van der Waals surface area contributed by atoms with Crippen LogP contribution in [0.4, 0.5) is 0 Å². The molecule has 1 N–H and O–H groups in total. The molecule has 6 heteroatoms. The summed E-state index contributed by atoms with van der Waals surface area (Å²) in [6.07, 6.45) is 8.46. The molecule has 1 spiro atoms. The van der Waals surface area contributed by atoms with Crippen LogP contribution in [-0.2, 0) is 14.4 Å². The minimum Gasteiger partial charge on any atom is -0.336 e. The first kappa shape index (κ1) is 23.2. The summed E-state index contributed by atoms with van der Waals surface area (Å²) in [4.78, 5) is 43.1. The molecule has 1 unspecified atom stereocenters. The molecule has 0 bridgehead atoms. The van der Waals surface area contributed by atoms with Crippen LogP contribution in [0.1, 0.15) is 79.1 Å². The summed E-state index contributed by atoms with van der Waals surface area (Å²) < 4.78 is 0. The Morgan fingerprint density at radius 3 is 2.20 bits per heavy atom. The van der Waals surface area contributed by atoms with E-state index in [0.29, 0.717) is 43.9 Å². The predicted octanol–water partition coefficient (Wildman–Crippen LogP) is 3.00. The summed E-state index contributed by atoms with van der Waals surface area (Å²) in [5, 5.41) is 3.30. The highest BCUT2D eigenvalue weighted by molar-refractivity contribution is 6.38. The molecule has 3 aliphatic rings. The zero-order chi connectivity index (χ0) is 21.9. The molecule has 3 rings (SSSR count). The van der Waals surface area contributed by atoms with Crippen molar-refractivity contribution in [3.8, 4) is 0 Å². The van der Waals surface area contributed by atoms with Crippen LogP contribution >= 0.6 is 0 Å². The zero-order valence-electron chi connectivity index (χ0n) is 19.4. The Balaban J connectivity index is 1.69. The number of carbonyl (C=O) groups is 3. The molecule has 0 radical (unpaired) electrons. The molecule has 2 aliphatic heterocycles. The highest BCUT2D eigenvalue weighted by Crippen LogP contribution is 2.46. The van der Waals surface area contributed by atoms with Crippen LogP contribution in [0, 0.1) is 17.3 Å². The van der Waals surface area contributed by atoms with Crippen LogP contribution in [0.15, 0.2) is 0 Å². The maximum Gasteiger partial charge on any atom is 0.292 e. The lowest BCUT2D eigenvalue weighted by molar-refractivity contribution is -0.153. The normalized spacial score (nSPS) is 25.4. The maximum atomic E-state index is 13.4. The molecule has 3 fully saturated rings. The van der Waals surface area contributed by atoms with E-state index in [1.54, 1.807) is 9.80 Å². The van der Waals surface area contributed by atoms with Crippen molar-refractivity contribution in [2.24, 2.45) is 17.3 Å². The summed E-state index contributed by atoms with van der Waals surface area (Å²) in [6.45, 7) is 10.8. The van der Waals surface area contributed by atoms with Crippen LogP contribution in [0.3, 0.4) is 0 Å². The van der Waals surface area contributed by atoms with Gasteiger partial charge in [0.15, 0.2) is 0 Å². The Morgan fingerprint density at radius 1 is 1.00 bits per heavy atom. The molecule has 2 amide bonds. The number of likely N-dealkylation sites (tertiary alicyclic amines) is 1. The fourth-order valence-corrected chi connectivity index (χ4v) is 5.65. The molecule has 30 heavy (non-hydrogen) atoms. The number of nitrogens with one attached hydrogen (secondary N) is 1. The smallest absolute Gasteiger partial charge is 0.292 e. The van der Waals surface area contributed by atoms with E-state index < -0.39 is 6.04 Å². The highest BCUT2D eigenvalue weighted by Gasteiger charge is 2.43. The third-order valence-electron chi connectivity index (χ3n) is 7.39. The van der Waals surface area contributed by atoms with Gasteiger partial charge in [-0.25, -0.2) is 0 Å². The first-order valence-corrected chi connectivity index (χ1v) is 12.1. The molecule has 2 atom stereocenters. The number of hydrogen-bond donors (Lipinski definition) is 1. The molecular weight excluding hydrogens is 378 g/mol. The first-order valence-electron chi connectivity index (χ1n) is 12.1. The molecule has 1 aliphatic carbocycles. The lowest BCUT2D eigenvalue weighted by atomic mass is 9.77. The van der Waals surface area contributed by atoms with Gasteiger partial charge in [-0.1, -0.05) is 40.5 Å². The lowest BCUT2D eigenvalue weighted by Gasteiger charge is -2.41. The van der Waals surface area contributed by atoms with E-state index in [1.807, 2.05) is 13.8 Å². The number of ketones is 1. The number of Topliss-reactive ketones (excluding diaryl/α,β-unsaturated/α-hetero) is 1. The van der Waals surface area contributed by atoms with Gasteiger partial charge in [0.2, 0.25) is 11.7 Å². The topological polar surface area (TPSA) is 69.7 Å². The lowest BCUT2D eigenvalue weighted by Crippen LogP contribution is -2.61. The van der Waals surface area contributed by atoms with Crippen molar-refractivity contribution in [1.82, 2.24) is 15.1 Å². The fraction of sp³-hybridized carbons (Fsp3) is 0.875. The molecule has 0 aromatic rings. The van der Waals surface area contributed by atoms with Gasteiger partial charge in [-0.05, 0) is 55.8 Å². The second kappa shape index (κ2) is 9.80. The predicted molar refractivity (Wildman–Crippen MR) is 118 cm³/mol. The number of rotatable bonds is 7. The van der Waals surface area contributed by atoms with Crippen molar-refractivity contribution in [1.29, 1.82) is 0 Å². The maximum absolute atomic E-state index is 13.4. The number of nitrogens with zero attached hydrogens (tertiary/aromatic N) is 2. The van der Waals surface area contributed by atoms with E-state index in [2.05, 4.69) is 19.2 Å². The Labute approximate surface area is 182 Å². The summed E-state index contributed by atoms with van der Waals surface area (Å²) >= 11 is 0. The molecule has 2 saturated heterocycles. The third kappa shape index (κ3) is 5.24. The van der Waals surface area contributed by atoms with Gasteiger partial charge in [0, 0.05) is 26.2 Å². The van der Waals surface area contributed by atoms with E-state index in [9.17, 15) is 14.4 Å². The van der Waals surface area contributed by atoms with Crippen LogP contribution in [0.2, 0.25) is 0 Å². The third-order valence-corrected chi connectivity index (χ3v) is 7.39. The monoisotopic (exact) mass is 419 g/mol.